The first kappa shape index (κ1) is 13.7. The summed E-state index contributed by atoms with van der Waals surface area (Å²) in [6, 6.07) is 8.05. The topological polar surface area (TPSA) is 36.4 Å². The molecule has 2 heterocycles. The van der Waals surface area contributed by atoms with Gasteiger partial charge in [0.15, 0.2) is 5.78 Å². The lowest BCUT2D eigenvalue weighted by atomic mass is 10.1. The van der Waals surface area contributed by atoms with Crippen molar-refractivity contribution >= 4 is 27.3 Å². The minimum absolute atomic E-state index is 0.000706. The molecule has 3 rings (SSSR count). The van der Waals surface area contributed by atoms with Gasteiger partial charge in [0.25, 0.3) is 0 Å². The van der Waals surface area contributed by atoms with Crippen molar-refractivity contribution in [3.05, 3.63) is 29.3 Å². The Balaban J connectivity index is 1.74. The van der Waals surface area contributed by atoms with Crippen LogP contribution in [0.5, 0.6) is 0 Å². The predicted molar refractivity (Wildman–Crippen MR) is 82.2 cm³/mol. The number of hydrogen-bond acceptors (Lipinski definition) is 5. The van der Waals surface area contributed by atoms with Crippen LogP contribution < -0.4 is 0 Å². The normalized spacial score (nSPS) is 21.4. The van der Waals surface area contributed by atoms with Gasteiger partial charge in [-0.3, -0.25) is 9.69 Å². The molecule has 2 aromatic rings. The Labute approximate surface area is 123 Å². The van der Waals surface area contributed by atoms with Gasteiger partial charge < -0.3 is 4.90 Å². The van der Waals surface area contributed by atoms with Crippen LogP contribution in [0.4, 0.5) is 0 Å². The molecular formula is C15H19N3OS. The number of thiazole rings is 1. The average Bonchev–Trinajstić information content (AvgIpc) is 2.83. The van der Waals surface area contributed by atoms with Gasteiger partial charge in [-0.05, 0) is 26.2 Å². The number of para-hydroxylation sites is 1. The van der Waals surface area contributed by atoms with E-state index in [1.807, 2.05) is 25.2 Å². The van der Waals surface area contributed by atoms with Crippen molar-refractivity contribution in [3.8, 4) is 0 Å². The largest absolute Gasteiger partial charge is 0.303 e. The van der Waals surface area contributed by atoms with E-state index in [9.17, 15) is 4.79 Å². The second kappa shape index (κ2) is 5.60. The highest BCUT2D eigenvalue weighted by molar-refractivity contribution is 7.18. The summed E-state index contributed by atoms with van der Waals surface area (Å²) in [5.41, 5.74) is 0.995. The van der Waals surface area contributed by atoms with E-state index in [2.05, 4.69) is 27.9 Å². The van der Waals surface area contributed by atoms with Crippen molar-refractivity contribution in [1.29, 1.82) is 0 Å². The number of fused-ring (bicyclic) bond motifs is 1. The number of Topliss-reactive ketones (excluding diaryl/α,β-unsaturated/α-hetero) is 1. The van der Waals surface area contributed by atoms with E-state index in [1.54, 1.807) is 11.3 Å². The van der Waals surface area contributed by atoms with Gasteiger partial charge in [0.2, 0.25) is 0 Å². The quantitative estimate of drug-likeness (QED) is 0.861. The molecule has 1 saturated heterocycles. The lowest BCUT2D eigenvalue weighted by Crippen LogP contribution is -2.53. The molecule has 0 saturated carbocycles. The molecule has 4 nitrogen and oxygen atoms in total. The second-order valence-corrected chi connectivity index (χ2v) is 6.59. The first-order valence-corrected chi connectivity index (χ1v) is 7.71. The summed E-state index contributed by atoms with van der Waals surface area (Å²) in [6.07, 6.45) is 0.447. The van der Waals surface area contributed by atoms with Gasteiger partial charge in [-0.15, -0.1) is 11.3 Å². The van der Waals surface area contributed by atoms with Crippen LogP contribution in [0.15, 0.2) is 24.3 Å². The summed E-state index contributed by atoms with van der Waals surface area (Å²) in [5.74, 6) is 0.276. The Kier molecular flexibility index (Phi) is 3.83. The maximum Gasteiger partial charge on any atom is 0.158 e. The minimum Gasteiger partial charge on any atom is -0.303 e. The van der Waals surface area contributed by atoms with Crippen LogP contribution >= 0.6 is 11.3 Å². The molecule has 1 aliphatic rings. The number of ketones is 1. The Morgan fingerprint density at radius 2 is 2.15 bits per heavy atom. The number of carbonyl (C=O) groups excluding carboxylic acids is 1. The maximum atomic E-state index is 12.5. The number of rotatable bonds is 3. The Morgan fingerprint density at radius 3 is 2.95 bits per heavy atom. The first-order chi connectivity index (χ1) is 9.63. The number of benzene rings is 1. The molecule has 1 unspecified atom stereocenters. The second-order valence-electron chi connectivity index (χ2n) is 5.48. The SMILES string of the molecule is CN1CCN(C)C(C(=O)Cc2nc3ccccc3s2)C1. The molecule has 0 radical (unpaired) electrons. The summed E-state index contributed by atoms with van der Waals surface area (Å²) >= 11 is 1.63. The third-order valence-corrected chi connectivity index (χ3v) is 4.92. The zero-order valence-electron chi connectivity index (χ0n) is 11.9. The molecule has 0 N–H and O–H groups in total. The van der Waals surface area contributed by atoms with E-state index in [0.29, 0.717) is 6.42 Å². The molecule has 0 amide bonds. The summed E-state index contributed by atoms with van der Waals surface area (Å²) in [6.45, 7) is 2.80. The maximum absolute atomic E-state index is 12.5. The van der Waals surface area contributed by atoms with Crippen LogP contribution in [0.25, 0.3) is 10.2 Å². The summed E-state index contributed by atoms with van der Waals surface area (Å²) in [5, 5.41) is 0.929. The molecule has 1 aliphatic heterocycles. The van der Waals surface area contributed by atoms with Crippen molar-refractivity contribution in [3.63, 3.8) is 0 Å². The van der Waals surface area contributed by atoms with Crippen LogP contribution in [0.2, 0.25) is 0 Å². The lowest BCUT2D eigenvalue weighted by Gasteiger charge is -2.36. The number of carbonyl (C=O) groups is 1. The van der Waals surface area contributed by atoms with Crippen LogP contribution in [0.1, 0.15) is 5.01 Å². The first-order valence-electron chi connectivity index (χ1n) is 6.89. The zero-order valence-corrected chi connectivity index (χ0v) is 12.7. The number of likely N-dealkylation sites (N-methyl/N-ethyl adjacent to an activating group) is 2. The van der Waals surface area contributed by atoms with Crippen LogP contribution in [-0.2, 0) is 11.2 Å². The van der Waals surface area contributed by atoms with E-state index in [4.69, 9.17) is 0 Å². The third-order valence-electron chi connectivity index (χ3n) is 3.89. The standard InChI is InChI=1S/C15H19N3OS/c1-17-7-8-18(2)12(10-17)13(19)9-15-16-11-5-3-4-6-14(11)20-15/h3-6,12H,7-10H2,1-2H3. The molecule has 20 heavy (non-hydrogen) atoms. The van der Waals surface area contributed by atoms with E-state index < -0.39 is 0 Å². The van der Waals surface area contributed by atoms with Gasteiger partial charge in [0, 0.05) is 19.6 Å². The van der Waals surface area contributed by atoms with Gasteiger partial charge >= 0.3 is 0 Å². The molecule has 106 valence electrons. The number of piperazine rings is 1. The fourth-order valence-electron chi connectivity index (χ4n) is 2.62. The Bertz CT molecular complexity index is 591. The molecule has 0 aliphatic carbocycles. The van der Waals surface area contributed by atoms with Gasteiger partial charge in [0.1, 0.15) is 5.01 Å². The van der Waals surface area contributed by atoms with Gasteiger partial charge in [-0.2, -0.15) is 0 Å². The van der Waals surface area contributed by atoms with Crippen LogP contribution in [0.3, 0.4) is 0 Å². The van der Waals surface area contributed by atoms with Crippen molar-refractivity contribution in [1.82, 2.24) is 14.8 Å². The molecule has 1 fully saturated rings. The molecule has 5 heteroatoms. The number of aromatic nitrogens is 1. The molecule has 1 aromatic heterocycles. The van der Waals surface area contributed by atoms with Crippen LogP contribution in [0, 0.1) is 0 Å². The monoisotopic (exact) mass is 289 g/mol. The van der Waals surface area contributed by atoms with Crippen molar-refractivity contribution in [2.45, 2.75) is 12.5 Å². The van der Waals surface area contributed by atoms with Gasteiger partial charge in [-0.1, -0.05) is 12.1 Å². The van der Waals surface area contributed by atoms with E-state index in [1.165, 1.54) is 0 Å². The van der Waals surface area contributed by atoms with E-state index >= 15 is 0 Å². The van der Waals surface area contributed by atoms with Crippen LogP contribution in [-0.4, -0.2) is 60.3 Å². The Morgan fingerprint density at radius 1 is 1.35 bits per heavy atom. The highest BCUT2D eigenvalue weighted by atomic mass is 32.1. The fourth-order valence-corrected chi connectivity index (χ4v) is 3.60. The molecule has 1 atom stereocenters. The Hall–Kier alpha value is -1.30. The summed E-state index contributed by atoms with van der Waals surface area (Å²) in [7, 11) is 4.11. The summed E-state index contributed by atoms with van der Waals surface area (Å²) < 4.78 is 1.16. The molecule has 1 aromatic carbocycles. The average molecular weight is 289 g/mol. The van der Waals surface area contributed by atoms with Crippen molar-refractivity contribution < 1.29 is 4.79 Å². The third kappa shape index (κ3) is 2.75. The minimum atomic E-state index is 0.000706. The fraction of sp³-hybridized carbons (Fsp3) is 0.467. The van der Waals surface area contributed by atoms with E-state index in [0.717, 1.165) is 34.9 Å². The molecule has 0 spiro atoms. The molecule has 0 bridgehead atoms. The smallest absolute Gasteiger partial charge is 0.158 e. The predicted octanol–water partition coefficient (Wildman–Crippen LogP) is 1.65. The van der Waals surface area contributed by atoms with Gasteiger partial charge in [0.05, 0.1) is 22.7 Å². The zero-order chi connectivity index (χ0) is 14.1. The highest BCUT2D eigenvalue weighted by Gasteiger charge is 2.28. The van der Waals surface area contributed by atoms with E-state index in [-0.39, 0.29) is 11.8 Å². The number of nitrogens with zero attached hydrogens (tertiary/aromatic N) is 3. The van der Waals surface area contributed by atoms with Crippen molar-refractivity contribution in [2.24, 2.45) is 0 Å². The summed E-state index contributed by atoms with van der Waals surface area (Å²) in [4.78, 5) is 21.4. The lowest BCUT2D eigenvalue weighted by molar-refractivity contribution is -0.125. The molecular weight excluding hydrogens is 270 g/mol. The van der Waals surface area contributed by atoms with Gasteiger partial charge in [-0.25, -0.2) is 4.98 Å². The van der Waals surface area contributed by atoms with Crippen molar-refractivity contribution in [2.75, 3.05) is 33.7 Å². The number of hydrogen-bond donors (Lipinski definition) is 0. The highest BCUT2D eigenvalue weighted by Crippen LogP contribution is 2.22.